The molecule has 18 heteroatoms. The summed E-state index contributed by atoms with van der Waals surface area (Å²) in [5.41, 5.74) is 6.36. The molecule has 3 aliphatic rings. The van der Waals surface area contributed by atoms with Crippen molar-refractivity contribution in [1.82, 2.24) is 34.9 Å². The maximum Gasteiger partial charge on any atom is 0.352 e. The second-order valence-corrected chi connectivity index (χ2v) is 12.1. The molecule has 0 aromatic carbocycles. The van der Waals surface area contributed by atoms with E-state index in [2.05, 4.69) is 35.4 Å². The van der Waals surface area contributed by atoms with Crippen LogP contribution in [0.15, 0.2) is 33.3 Å². The normalized spacial score (nSPS) is 23.3. The number of hydrogen-bond donors (Lipinski definition) is 3. The molecule has 15 nitrogen and oxygen atoms in total. The molecular formula is C22H27N9O6S3. The minimum Gasteiger partial charge on any atom is -0.477 e. The van der Waals surface area contributed by atoms with Crippen molar-refractivity contribution in [2.75, 3.05) is 51.4 Å². The first-order chi connectivity index (χ1) is 19.3. The Morgan fingerprint density at radius 3 is 2.88 bits per heavy atom. The van der Waals surface area contributed by atoms with Crippen molar-refractivity contribution in [2.45, 2.75) is 28.4 Å². The molecule has 0 aliphatic carbocycles. The fraction of sp³-hybridized carbons (Fsp3) is 0.500. The van der Waals surface area contributed by atoms with Crippen LogP contribution < -0.4 is 11.1 Å². The van der Waals surface area contributed by atoms with Crippen molar-refractivity contribution in [3.8, 4) is 0 Å². The number of carbonyl (C=O) groups is 3. The van der Waals surface area contributed by atoms with Crippen LogP contribution in [0.3, 0.4) is 0 Å². The van der Waals surface area contributed by atoms with E-state index in [9.17, 15) is 19.5 Å². The summed E-state index contributed by atoms with van der Waals surface area (Å²) >= 11 is 3.64. The highest BCUT2D eigenvalue weighted by molar-refractivity contribution is 8.01. The molecule has 3 aliphatic heterocycles. The summed E-state index contributed by atoms with van der Waals surface area (Å²) in [5, 5.41) is 27.0. The minimum absolute atomic E-state index is 0.0561. The number of aliphatic carboxylic acids is 1. The Morgan fingerprint density at radius 1 is 1.40 bits per heavy atom. The van der Waals surface area contributed by atoms with E-state index in [-0.39, 0.29) is 34.5 Å². The third-order valence-corrected chi connectivity index (χ3v) is 9.76. The Bertz CT molecular complexity index is 1340. The summed E-state index contributed by atoms with van der Waals surface area (Å²) in [5.74, 6) is -2.19. The van der Waals surface area contributed by atoms with Gasteiger partial charge in [0.2, 0.25) is 5.91 Å². The lowest BCUT2D eigenvalue weighted by Gasteiger charge is -2.51. The topological polar surface area (TPSA) is 190 Å². The number of hydrogen-bond acceptors (Lipinski definition) is 14. The lowest BCUT2D eigenvalue weighted by Crippen LogP contribution is -2.61. The third kappa shape index (κ3) is 5.67. The van der Waals surface area contributed by atoms with Crippen LogP contribution in [0.25, 0.3) is 0 Å². The van der Waals surface area contributed by atoms with E-state index in [0.29, 0.717) is 30.6 Å². The van der Waals surface area contributed by atoms with E-state index in [1.807, 2.05) is 4.57 Å². The fourth-order valence-electron chi connectivity index (χ4n) is 4.60. The first-order valence-corrected chi connectivity index (χ1v) is 14.9. The second kappa shape index (κ2) is 12.1. The summed E-state index contributed by atoms with van der Waals surface area (Å²) < 4.78 is 7.30. The van der Waals surface area contributed by atoms with Crippen molar-refractivity contribution in [1.29, 1.82) is 0 Å². The Labute approximate surface area is 241 Å². The van der Waals surface area contributed by atoms with E-state index in [4.69, 9.17) is 10.5 Å². The number of nitrogen functional groups attached to an aromatic ring is 1. The number of carbonyl (C=O) groups excluding carboxylic acids is 2. The molecule has 0 bridgehead atoms. The van der Waals surface area contributed by atoms with Gasteiger partial charge in [-0.05, 0) is 0 Å². The smallest absolute Gasteiger partial charge is 0.352 e. The summed E-state index contributed by atoms with van der Waals surface area (Å²) in [7, 11) is 1.30. The number of thiazole rings is 1. The SMILES string of the molecule is CON=CC(=O)NC1(c2csc(N)n2)S[C@H]2CC(=O)N2C(C(=O)O)=C1CSc1nncn1CCN1CCOCC1. The van der Waals surface area contributed by atoms with Gasteiger partial charge >= 0.3 is 5.97 Å². The van der Waals surface area contributed by atoms with Gasteiger partial charge in [-0.2, -0.15) is 0 Å². The number of oxime groups is 1. The van der Waals surface area contributed by atoms with Gasteiger partial charge in [-0.1, -0.05) is 28.7 Å². The van der Waals surface area contributed by atoms with Crippen LogP contribution in [0.4, 0.5) is 5.13 Å². The van der Waals surface area contributed by atoms with E-state index in [0.717, 1.165) is 37.2 Å². The van der Waals surface area contributed by atoms with Crippen LogP contribution in [0.5, 0.6) is 0 Å². The number of fused-ring (bicyclic) bond motifs is 1. The predicted octanol–water partition coefficient (Wildman–Crippen LogP) is -0.0136. The Morgan fingerprint density at radius 2 is 2.20 bits per heavy atom. The fourth-order valence-corrected chi connectivity index (χ4v) is 8.07. The van der Waals surface area contributed by atoms with E-state index >= 15 is 0 Å². The molecule has 0 saturated carbocycles. The van der Waals surface area contributed by atoms with Gasteiger partial charge in [-0.25, -0.2) is 9.78 Å². The van der Waals surface area contributed by atoms with E-state index < -0.39 is 22.1 Å². The minimum atomic E-state index is -1.45. The van der Waals surface area contributed by atoms with Crippen molar-refractivity contribution in [3.05, 3.63) is 28.7 Å². The van der Waals surface area contributed by atoms with Gasteiger partial charge < -0.3 is 30.3 Å². The zero-order valence-electron chi connectivity index (χ0n) is 21.4. The number of ether oxygens (including phenoxy) is 1. The van der Waals surface area contributed by atoms with Crippen LogP contribution in [-0.4, -0.2) is 110 Å². The number of anilines is 1. The average molecular weight is 610 g/mol. The molecular weight excluding hydrogens is 583 g/mol. The van der Waals surface area contributed by atoms with Gasteiger partial charge in [0.1, 0.15) is 25.3 Å². The summed E-state index contributed by atoms with van der Waals surface area (Å²) in [4.78, 5) is 49.4. The quantitative estimate of drug-likeness (QED) is 0.134. The maximum absolute atomic E-state index is 13.0. The Hall–Kier alpha value is -3.19. The van der Waals surface area contributed by atoms with Crippen LogP contribution in [-0.2, 0) is 35.4 Å². The first-order valence-electron chi connectivity index (χ1n) is 12.2. The molecule has 4 N–H and O–H groups in total. The summed E-state index contributed by atoms with van der Waals surface area (Å²) in [6, 6.07) is 0. The monoisotopic (exact) mass is 609 g/mol. The standard InChI is InChI=1S/C22H27N9O6S3/c1-36-25-9-15(32)27-22(14-11-38-20(23)26-14)13(18(19(34)35)31-16(33)8-17(31)40-22)10-39-21-28-24-12-30(21)3-2-29-4-6-37-7-5-29/h9,11-12,17H,2-8,10H2,1H3,(H2,23,26)(H,27,32)(H,34,35)/t17-,22?/m0/s1. The molecule has 2 saturated heterocycles. The molecule has 2 fully saturated rings. The molecule has 2 amide bonds. The van der Waals surface area contributed by atoms with Gasteiger partial charge in [0.15, 0.2) is 15.2 Å². The lowest BCUT2D eigenvalue weighted by molar-refractivity contribution is -0.146. The van der Waals surface area contributed by atoms with Gasteiger partial charge in [-0.3, -0.25) is 19.4 Å². The van der Waals surface area contributed by atoms with Crippen LogP contribution in [0.1, 0.15) is 12.1 Å². The number of morpholine rings is 1. The van der Waals surface area contributed by atoms with E-state index in [1.54, 1.807) is 11.7 Å². The number of nitrogens with one attached hydrogen (secondary N) is 1. The Kier molecular flexibility index (Phi) is 8.60. The van der Waals surface area contributed by atoms with Gasteiger partial charge in [0.05, 0.1) is 30.7 Å². The number of β-lactam (4-membered cyclic amide) rings is 1. The number of thioether (sulfide) groups is 2. The zero-order chi connectivity index (χ0) is 28.3. The summed E-state index contributed by atoms with van der Waals surface area (Å²) in [6.45, 7) is 4.45. The molecule has 5 rings (SSSR count). The van der Waals surface area contributed by atoms with Crippen molar-refractivity contribution in [3.63, 3.8) is 0 Å². The second-order valence-electron chi connectivity index (χ2n) is 8.88. The third-order valence-electron chi connectivity index (χ3n) is 6.52. The van der Waals surface area contributed by atoms with Crippen LogP contribution in [0.2, 0.25) is 0 Å². The summed E-state index contributed by atoms with van der Waals surface area (Å²) in [6.07, 6.45) is 2.68. The highest BCUT2D eigenvalue weighted by atomic mass is 32.2. The highest BCUT2D eigenvalue weighted by Gasteiger charge is 2.57. The molecule has 0 radical (unpaired) electrons. The number of nitrogens with two attached hydrogens (primary N) is 1. The lowest BCUT2D eigenvalue weighted by atomic mass is 9.98. The molecule has 2 aromatic rings. The number of amides is 2. The Balaban J connectivity index is 1.50. The number of nitrogens with zero attached hydrogens (tertiary/aromatic N) is 7. The highest BCUT2D eigenvalue weighted by Crippen LogP contribution is 2.55. The predicted molar refractivity (Wildman–Crippen MR) is 147 cm³/mol. The number of carboxylic acid groups (broad SMARTS) is 1. The van der Waals surface area contributed by atoms with Crippen LogP contribution >= 0.6 is 34.9 Å². The van der Waals surface area contributed by atoms with Gasteiger partial charge in [0.25, 0.3) is 5.91 Å². The first kappa shape index (κ1) is 28.3. The van der Waals surface area contributed by atoms with Crippen LogP contribution in [0, 0.1) is 0 Å². The van der Waals surface area contributed by atoms with Crippen molar-refractivity contribution < 1.29 is 29.1 Å². The molecule has 214 valence electrons. The number of rotatable bonds is 11. The average Bonchev–Trinajstić information content (AvgIpc) is 3.58. The van der Waals surface area contributed by atoms with Gasteiger partial charge in [0, 0.05) is 42.9 Å². The largest absolute Gasteiger partial charge is 0.477 e. The molecule has 40 heavy (non-hydrogen) atoms. The molecule has 0 spiro atoms. The van der Waals surface area contributed by atoms with Gasteiger partial charge in [-0.15, -0.1) is 21.5 Å². The zero-order valence-corrected chi connectivity index (χ0v) is 23.8. The number of aromatic nitrogens is 4. The van der Waals surface area contributed by atoms with Crippen molar-refractivity contribution >= 4 is 64.0 Å². The van der Waals surface area contributed by atoms with Crippen molar-refractivity contribution in [2.24, 2.45) is 5.16 Å². The maximum atomic E-state index is 13.0. The molecule has 1 unspecified atom stereocenters. The molecule has 5 heterocycles. The van der Waals surface area contributed by atoms with E-state index in [1.165, 1.54) is 35.5 Å². The molecule has 2 atom stereocenters. The molecule has 2 aromatic heterocycles. The number of carboxylic acids is 1.